The van der Waals surface area contributed by atoms with Crippen LogP contribution in [0, 0.1) is 5.92 Å². The Morgan fingerprint density at radius 2 is 1.50 bits per heavy atom. The highest BCUT2D eigenvalue weighted by Crippen LogP contribution is 2.39. The van der Waals surface area contributed by atoms with Gasteiger partial charge in [-0.15, -0.1) is 0 Å². The maximum absolute atomic E-state index is 3.77. The molecular weight excluding hydrogens is 314 g/mol. The summed E-state index contributed by atoms with van der Waals surface area (Å²) in [5.41, 5.74) is 5.85. The Labute approximate surface area is 157 Å². The first-order chi connectivity index (χ1) is 12.8. The summed E-state index contributed by atoms with van der Waals surface area (Å²) >= 11 is 0. The monoisotopic (exact) mass is 341 g/mol. The van der Waals surface area contributed by atoms with Crippen molar-refractivity contribution in [2.75, 3.05) is 6.54 Å². The first-order valence-corrected chi connectivity index (χ1v) is 9.72. The van der Waals surface area contributed by atoms with Gasteiger partial charge in [0.25, 0.3) is 0 Å². The Balaban J connectivity index is 1.50. The molecule has 1 aliphatic rings. The van der Waals surface area contributed by atoms with E-state index in [0.717, 1.165) is 6.54 Å². The van der Waals surface area contributed by atoms with E-state index in [9.17, 15) is 0 Å². The molecule has 0 heterocycles. The van der Waals surface area contributed by atoms with E-state index in [1.165, 1.54) is 35.1 Å². The summed E-state index contributed by atoms with van der Waals surface area (Å²) in [6, 6.07) is 31.1. The van der Waals surface area contributed by atoms with E-state index in [-0.39, 0.29) is 0 Å². The normalized spacial score (nSPS) is 20.3. The molecule has 0 aliphatic heterocycles. The van der Waals surface area contributed by atoms with Crippen LogP contribution in [0.15, 0.2) is 84.9 Å². The highest BCUT2D eigenvalue weighted by molar-refractivity contribution is 5.40. The average molecular weight is 341 g/mol. The van der Waals surface area contributed by atoms with Crippen molar-refractivity contribution in [2.24, 2.45) is 5.92 Å². The van der Waals surface area contributed by atoms with Crippen molar-refractivity contribution >= 4 is 0 Å². The van der Waals surface area contributed by atoms with E-state index in [1.54, 1.807) is 0 Å². The zero-order chi connectivity index (χ0) is 17.8. The van der Waals surface area contributed by atoms with Gasteiger partial charge in [-0.1, -0.05) is 84.9 Å². The van der Waals surface area contributed by atoms with Gasteiger partial charge in [-0.25, -0.2) is 0 Å². The summed E-state index contributed by atoms with van der Waals surface area (Å²) in [6.45, 7) is 3.33. The Kier molecular flexibility index (Phi) is 5.17. The van der Waals surface area contributed by atoms with Crippen molar-refractivity contribution in [3.05, 3.63) is 107 Å². The van der Waals surface area contributed by atoms with E-state index < -0.39 is 0 Å². The van der Waals surface area contributed by atoms with Crippen molar-refractivity contribution < 1.29 is 0 Å². The van der Waals surface area contributed by atoms with Crippen LogP contribution in [-0.4, -0.2) is 6.54 Å². The molecule has 1 aliphatic carbocycles. The molecule has 3 atom stereocenters. The van der Waals surface area contributed by atoms with Gasteiger partial charge in [-0.05, 0) is 54.5 Å². The lowest BCUT2D eigenvalue weighted by Crippen LogP contribution is -2.31. The summed E-state index contributed by atoms with van der Waals surface area (Å²) in [4.78, 5) is 0. The highest BCUT2D eigenvalue weighted by atomic mass is 14.9. The fourth-order valence-electron chi connectivity index (χ4n) is 4.27. The quantitative estimate of drug-likeness (QED) is 0.625. The predicted octanol–water partition coefficient (Wildman–Crippen LogP) is 5.73. The molecule has 0 saturated heterocycles. The van der Waals surface area contributed by atoms with E-state index in [2.05, 4.69) is 97.2 Å². The van der Waals surface area contributed by atoms with Gasteiger partial charge in [0.15, 0.2) is 0 Å². The van der Waals surface area contributed by atoms with Crippen molar-refractivity contribution in [3.8, 4) is 0 Å². The van der Waals surface area contributed by atoms with Crippen LogP contribution in [0.1, 0.15) is 47.6 Å². The summed E-state index contributed by atoms with van der Waals surface area (Å²) in [5.74, 6) is 1.18. The number of nitrogens with one attached hydrogen (secondary N) is 1. The van der Waals surface area contributed by atoms with Crippen LogP contribution in [0.4, 0.5) is 0 Å². The molecule has 0 saturated carbocycles. The molecule has 1 N–H and O–H groups in total. The Hall–Kier alpha value is -2.38. The lowest BCUT2D eigenvalue weighted by molar-refractivity contribution is 0.383. The maximum atomic E-state index is 3.77. The van der Waals surface area contributed by atoms with Crippen LogP contribution in [0.2, 0.25) is 0 Å². The molecule has 0 radical (unpaired) electrons. The molecular formula is C25H27N. The largest absolute Gasteiger partial charge is 0.310 e. The first-order valence-electron chi connectivity index (χ1n) is 9.72. The van der Waals surface area contributed by atoms with Crippen LogP contribution in [-0.2, 0) is 6.42 Å². The van der Waals surface area contributed by atoms with Crippen molar-refractivity contribution in [2.45, 2.75) is 31.7 Å². The summed E-state index contributed by atoms with van der Waals surface area (Å²) < 4.78 is 0. The van der Waals surface area contributed by atoms with Crippen LogP contribution < -0.4 is 5.32 Å². The fourth-order valence-corrected chi connectivity index (χ4v) is 4.27. The second-order valence-corrected chi connectivity index (χ2v) is 7.51. The standard InChI is InChI=1S/C25H27N/c1-19(21-10-4-2-5-11-21)26-18-20-16-23-14-8-9-15-24(23)25(17-20)22-12-6-3-7-13-22/h2-15,19-20,25-26H,16-18H2,1H3/t19-,20?,25?/m1/s1. The Morgan fingerprint density at radius 1 is 0.846 bits per heavy atom. The van der Waals surface area contributed by atoms with Gasteiger partial charge in [0.2, 0.25) is 0 Å². The maximum Gasteiger partial charge on any atom is 0.0291 e. The average Bonchev–Trinajstić information content (AvgIpc) is 2.72. The van der Waals surface area contributed by atoms with E-state index in [4.69, 9.17) is 0 Å². The summed E-state index contributed by atoms with van der Waals surface area (Å²) in [7, 11) is 0. The molecule has 2 unspecified atom stereocenters. The SMILES string of the molecule is C[C@@H](NCC1Cc2ccccc2C(c2ccccc2)C1)c1ccccc1. The third-order valence-electron chi connectivity index (χ3n) is 5.72. The third kappa shape index (κ3) is 3.73. The van der Waals surface area contributed by atoms with Gasteiger partial charge in [-0.3, -0.25) is 0 Å². The summed E-state index contributed by atoms with van der Waals surface area (Å²) in [6.07, 6.45) is 2.39. The number of fused-ring (bicyclic) bond motifs is 1. The van der Waals surface area contributed by atoms with E-state index in [0.29, 0.717) is 17.9 Å². The van der Waals surface area contributed by atoms with Crippen LogP contribution in [0.5, 0.6) is 0 Å². The van der Waals surface area contributed by atoms with Crippen LogP contribution in [0.3, 0.4) is 0 Å². The smallest absolute Gasteiger partial charge is 0.0291 e. The van der Waals surface area contributed by atoms with Gasteiger partial charge in [0.1, 0.15) is 0 Å². The molecule has 1 heteroatoms. The van der Waals surface area contributed by atoms with Gasteiger partial charge >= 0.3 is 0 Å². The number of benzene rings is 3. The van der Waals surface area contributed by atoms with Crippen molar-refractivity contribution in [1.82, 2.24) is 5.32 Å². The predicted molar refractivity (Wildman–Crippen MR) is 109 cm³/mol. The minimum Gasteiger partial charge on any atom is -0.310 e. The second-order valence-electron chi connectivity index (χ2n) is 7.51. The molecule has 26 heavy (non-hydrogen) atoms. The minimum absolute atomic E-state index is 0.392. The van der Waals surface area contributed by atoms with Crippen molar-refractivity contribution in [3.63, 3.8) is 0 Å². The van der Waals surface area contributed by atoms with Gasteiger partial charge in [-0.2, -0.15) is 0 Å². The molecule has 132 valence electrons. The molecule has 3 aromatic rings. The lowest BCUT2D eigenvalue weighted by Gasteiger charge is -2.33. The number of hydrogen-bond acceptors (Lipinski definition) is 1. The summed E-state index contributed by atoms with van der Waals surface area (Å²) in [5, 5.41) is 3.77. The lowest BCUT2D eigenvalue weighted by atomic mass is 9.74. The minimum atomic E-state index is 0.392. The van der Waals surface area contributed by atoms with E-state index >= 15 is 0 Å². The third-order valence-corrected chi connectivity index (χ3v) is 5.72. The number of rotatable bonds is 5. The van der Waals surface area contributed by atoms with Gasteiger partial charge < -0.3 is 5.32 Å². The zero-order valence-electron chi connectivity index (χ0n) is 15.4. The Morgan fingerprint density at radius 3 is 2.27 bits per heavy atom. The first kappa shape index (κ1) is 17.1. The molecule has 3 aromatic carbocycles. The van der Waals surface area contributed by atoms with Crippen LogP contribution >= 0.6 is 0 Å². The van der Waals surface area contributed by atoms with Gasteiger partial charge in [0.05, 0.1) is 0 Å². The highest BCUT2D eigenvalue weighted by Gasteiger charge is 2.27. The molecule has 0 aromatic heterocycles. The fraction of sp³-hybridized carbons (Fsp3) is 0.280. The Bertz CT molecular complexity index is 825. The van der Waals surface area contributed by atoms with E-state index in [1.807, 2.05) is 0 Å². The van der Waals surface area contributed by atoms with Crippen molar-refractivity contribution in [1.29, 1.82) is 0 Å². The second kappa shape index (κ2) is 7.88. The molecule has 0 bridgehead atoms. The van der Waals surface area contributed by atoms with Gasteiger partial charge in [0, 0.05) is 12.0 Å². The number of hydrogen-bond donors (Lipinski definition) is 1. The molecule has 0 spiro atoms. The molecule has 1 nitrogen and oxygen atoms in total. The van der Waals surface area contributed by atoms with Crippen LogP contribution in [0.25, 0.3) is 0 Å². The topological polar surface area (TPSA) is 12.0 Å². The molecule has 0 amide bonds. The molecule has 4 rings (SSSR count). The zero-order valence-corrected chi connectivity index (χ0v) is 15.4. The molecule has 0 fully saturated rings.